The number of nitrogens with one attached hydrogen (secondary N) is 1. The van der Waals surface area contributed by atoms with Crippen LogP contribution in [0.3, 0.4) is 0 Å². The monoisotopic (exact) mass is 258 g/mol. The fraction of sp³-hybridized carbons (Fsp3) is 0.600. The summed E-state index contributed by atoms with van der Waals surface area (Å²) >= 11 is 0. The molecular weight excluding hydrogens is 244 g/mol. The Labute approximate surface area is 101 Å². The van der Waals surface area contributed by atoms with Crippen molar-refractivity contribution < 1.29 is 19.7 Å². The second-order valence-corrected chi connectivity index (χ2v) is 3.96. The van der Waals surface area contributed by atoms with E-state index >= 15 is 0 Å². The molecule has 8 heteroatoms. The van der Waals surface area contributed by atoms with Gasteiger partial charge in [0.2, 0.25) is 0 Å². The summed E-state index contributed by atoms with van der Waals surface area (Å²) in [5, 5.41) is 18.9. The first-order valence-electron chi connectivity index (χ1n) is 5.37. The molecule has 4 atom stereocenters. The number of hydrogen-bond donors (Lipinski definition) is 3. The highest BCUT2D eigenvalue weighted by Gasteiger charge is 2.45. The second-order valence-electron chi connectivity index (χ2n) is 3.96. The topological polar surface area (TPSA) is 114 Å². The van der Waals surface area contributed by atoms with Crippen LogP contribution in [0.15, 0.2) is 21.9 Å². The molecule has 1 fully saturated rings. The van der Waals surface area contributed by atoms with E-state index < -0.39 is 42.4 Å². The predicted molar refractivity (Wildman–Crippen MR) is 59.1 cm³/mol. The maximum atomic E-state index is 11.6. The number of aliphatic hydroxyl groups excluding tert-OH is 2. The lowest BCUT2D eigenvalue weighted by Gasteiger charge is -2.19. The minimum absolute atomic E-state index is 0.393. The van der Waals surface area contributed by atoms with Gasteiger partial charge in [0.05, 0.1) is 6.61 Å². The second kappa shape index (κ2) is 5.02. The first kappa shape index (κ1) is 13.0. The Balaban J connectivity index is 2.38. The number of aromatic nitrogens is 2. The summed E-state index contributed by atoms with van der Waals surface area (Å²) in [5.74, 6) is 0. The van der Waals surface area contributed by atoms with Crippen molar-refractivity contribution in [2.24, 2.45) is 0 Å². The van der Waals surface area contributed by atoms with Crippen molar-refractivity contribution in [1.29, 1.82) is 0 Å². The zero-order valence-corrected chi connectivity index (χ0v) is 9.65. The number of H-pyrrole nitrogens is 1. The van der Waals surface area contributed by atoms with Gasteiger partial charge in [-0.25, -0.2) is 4.79 Å². The molecular formula is C10H14N2O6. The first-order chi connectivity index (χ1) is 8.58. The normalized spacial score (nSPS) is 31.7. The van der Waals surface area contributed by atoms with Crippen molar-refractivity contribution in [2.75, 3.05) is 13.7 Å². The summed E-state index contributed by atoms with van der Waals surface area (Å²) < 4.78 is 11.5. The minimum atomic E-state index is -1.05. The van der Waals surface area contributed by atoms with Crippen LogP contribution in [-0.4, -0.2) is 51.8 Å². The van der Waals surface area contributed by atoms with Gasteiger partial charge in [0.15, 0.2) is 6.23 Å². The van der Waals surface area contributed by atoms with Gasteiger partial charge in [-0.2, -0.15) is 0 Å². The van der Waals surface area contributed by atoms with E-state index in [0.29, 0.717) is 0 Å². The van der Waals surface area contributed by atoms with E-state index in [2.05, 4.69) is 4.98 Å². The number of methoxy groups -OCH3 is 1. The molecule has 0 aromatic carbocycles. The molecule has 1 aliphatic heterocycles. The van der Waals surface area contributed by atoms with Gasteiger partial charge in [-0.1, -0.05) is 0 Å². The third-order valence-corrected chi connectivity index (χ3v) is 2.89. The third kappa shape index (κ3) is 2.10. The van der Waals surface area contributed by atoms with Crippen LogP contribution in [0.4, 0.5) is 0 Å². The van der Waals surface area contributed by atoms with E-state index in [1.54, 1.807) is 0 Å². The molecule has 18 heavy (non-hydrogen) atoms. The number of aliphatic hydroxyl groups is 2. The lowest BCUT2D eigenvalue weighted by Crippen LogP contribution is -2.38. The highest BCUT2D eigenvalue weighted by Crippen LogP contribution is 2.29. The molecule has 0 saturated carbocycles. The van der Waals surface area contributed by atoms with Gasteiger partial charge < -0.3 is 19.7 Å². The van der Waals surface area contributed by atoms with Crippen LogP contribution in [0.5, 0.6) is 0 Å². The summed E-state index contributed by atoms with van der Waals surface area (Å²) in [6.45, 7) is -0.393. The van der Waals surface area contributed by atoms with E-state index in [1.165, 1.54) is 13.3 Å². The molecule has 100 valence electrons. The highest BCUT2D eigenvalue weighted by molar-refractivity contribution is 4.93. The van der Waals surface area contributed by atoms with Crippen LogP contribution in [-0.2, 0) is 9.47 Å². The van der Waals surface area contributed by atoms with E-state index in [-0.39, 0.29) is 0 Å². The van der Waals surface area contributed by atoms with E-state index in [9.17, 15) is 14.7 Å². The SMILES string of the molecule is CO[C@H]1[C@@H](O)[C@@H](CO)O[C@H]1n1ccc(=O)[nH]c1=O. The Morgan fingerprint density at radius 1 is 1.56 bits per heavy atom. The standard InChI is InChI=1S/C10H14N2O6/c1-17-8-7(15)5(4-13)18-9(8)12-3-2-6(14)11-10(12)16/h2-3,5,7-9,13,15H,4H2,1H3,(H,11,14,16)/t5-,7+,8+,9-/m1/s1. The fourth-order valence-corrected chi connectivity index (χ4v) is 1.98. The van der Waals surface area contributed by atoms with Gasteiger partial charge in [0, 0.05) is 19.4 Å². The zero-order chi connectivity index (χ0) is 13.3. The quantitative estimate of drug-likeness (QED) is 0.567. The molecule has 8 nitrogen and oxygen atoms in total. The number of hydrogen-bond acceptors (Lipinski definition) is 6. The maximum absolute atomic E-state index is 11.6. The van der Waals surface area contributed by atoms with Crippen molar-refractivity contribution in [1.82, 2.24) is 9.55 Å². The zero-order valence-electron chi connectivity index (χ0n) is 9.65. The van der Waals surface area contributed by atoms with Gasteiger partial charge in [-0.15, -0.1) is 0 Å². The molecule has 0 amide bonds. The summed E-state index contributed by atoms with van der Waals surface area (Å²) in [6.07, 6.45) is -2.33. The molecule has 2 rings (SSSR count). The van der Waals surface area contributed by atoms with Crippen LogP contribution >= 0.6 is 0 Å². The minimum Gasteiger partial charge on any atom is -0.394 e. The van der Waals surface area contributed by atoms with Gasteiger partial charge in [0.1, 0.15) is 18.3 Å². The summed E-state index contributed by atoms with van der Waals surface area (Å²) in [6, 6.07) is 1.16. The van der Waals surface area contributed by atoms with E-state index in [0.717, 1.165) is 10.6 Å². The molecule has 0 spiro atoms. The predicted octanol–water partition coefficient (Wildman–Crippen LogP) is -2.20. The highest BCUT2D eigenvalue weighted by atomic mass is 16.6. The Morgan fingerprint density at radius 3 is 2.83 bits per heavy atom. The summed E-state index contributed by atoms with van der Waals surface area (Å²) in [4.78, 5) is 24.7. The lowest BCUT2D eigenvalue weighted by molar-refractivity contribution is -0.0625. The van der Waals surface area contributed by atoms with Gasteiger partial charge in [0.25, 0.3) is 5.56 Å². The molecule has 1 aromatic rings. The Morgan fingerprint density at radius 2 is 2.28 bits per heavy atom. The van der Waals surface area contributed by atoms with Crippen LogP contribution in [0.1, 0.15) is 6.23 Å². The molecule has 3 N–H and O–H groups in total. The van der Waals surface area contributed by atoms with Gasteiger partial charge in [-0.05, 0) is 0 Å². The van der Waals surface area contributed by atoms with Crippen LogP contribution in [0, 0.1) is 0 Å². The van der Waals surface area contributed by atoms with Crippen LogP contribution < -0.4 is 11.2 Å². The van der Waals surface area contributed by atoms with Gasteiger partial charge >= 0.3 is 5.69 Å². The van der Waals surface area contributed by atoms with Crippen molar-refractivity contribution in [3.8, 4) is 0 Å². The average Bonchev–Trinajstić information content (AvgIpc) is 2.65. The number of nitrogens with zero attached hydrogens (tertiary/aromatic N) is 1. The molecule has 0 aliphatic carbocycles. The van der Waals surface area contributed by atoms with Crippen LogP contribution in [0.25, 0.3) is 0 Å². The van der Waals surface area contributed by atoms with Crippen molar-refractivity contribution in [3.05, 3.63) is 33.1 Å². The molecule has 1 aromatic heterocycles. The molecule has 0 unspecified atom stereocenters. The van der Waals surface area contributed by atoms with Crippen molar-refractivity contribution >= 4 is 0 Å². The fourth-order valence-electron chi connectivity index (χ4n) is 1.98. The van der Waals surface area contributed by atoms with E-state index in [1.807, 2.05) is 0 Å². The van der Waals surface area contributed by atoms with Gasteiger partial charge in [-0.3, -0.25) is 14.3 Å². The number of aromatic amines is 1. The molecule has 0 radical (unpaired) electrons. The average molecular weight is 258 g/mol. The molecule has 1 aliphatic rings. The lowest BCUT2D eigenvalue weighted by atomic mass is 10.1. The number of ether oxygens (including phenoxy) is 2. The smallest absolute Gasteiger partial charge is 0.330 e. The van der Waals surface area contributed by atoms with Crippen molar-refractivity contribution in [3.63, 3.8) is 0 Å². The van der Waals surface area contributed by atoms with Crippen molar-refractivity contribution in [2.45, 2.75) is 24.5 Å². The summed E-state index contributed by atoms with van der Waals surface area (Å²) in [7, 11) is 1.36. The Hall–Kier alpha value is -1.48. The third-order valence-electron chi connectivity index (χ3n) is 2.89. The largest absolute Gasteiger partial charge is 0.394 e. The number of rotatable bonds is 3. The van der Waals surface area contributed by atoms with E-state index in [4.69, 9.17) is 14.6 Å². The molecule has 0 bridgehead atoms. The Bertz CT molecular complexity index is 524. The molecule has 1 saturated heterocycles. The summed E-state index contributed by atoms with van der Waals surface area (Å²) in [5.41, 5.74) is -1.19. The maximum Gasteiger partial charge on any atom is 0.330 e. The Kier molecular flexibility index (Phi) is 3.62. The molecule has 2 heterocycles. The van der Waals surface area contributed by atoms with Crippen LogP contribution in [0.2, 0.25) is 0 Å². The first-order valence-corrected chi connectivity index (χ1v) is 5.37.